The Morgan fingerprint density at radius 1 is 1.10 bits per heavy atom. The summed E-state index contributed by atoms with van der Waals surface area (Å²) in [5.41, 5.74) is 2.91. The molecule has 21 heavy (non-hydrogen) atoms. The average molecular weight is 279 g/mol. The van der Waals surface area contributed by atoms with Crippen LogP contribution in [0.4, 0.5) is 11.5 Å². The highest BCUT2D eigenvalue weighted by Gasteiger charge is 2.18. The molecule has 4 rings (SSSR count). The van der Waals surface area contributed by atoms with Crippen molar-refractivity contribution in [1.29, 1.82) is 0 Å². The molecule has 5 heteroatoms. The summed E-state index contributed by atoms with van der Waals surface area (Å²) in [7, 11) is 0. The molecule has 0 aliphatic carbocycles. The number of nitrogens with one attached hydrogen (secondary N) is 1. The molecule has 1 aliphatic rings. The van der Waals surface area contributed by atoms with Crippen molar-refractivity contribution in [3.8, 4) is 11.5 Å². The van der Waals surface area contributed by atoms with Gasteiger partial charge in [0, 0.05) is 5.39 Å². The van der Waals surface area contributed by atoms with Crippen molar-refractivity contribution >= 4 is 22.4 Å². The number of hydrogen-bond acceptors (Lipinski definition) is 5. The average Bonchev–Trinajstić information content (AvgIpc) is 2.97. The minimum absolute atomic E-state index is 0.248. The summed E-state index contributed by atoms with van der Waals surface area (Å²) in [6, 6.07) is 11.8. The minimum atomic E-state index is 0.248. The Labute approximate surface area is 121 Å². The van der Waals surface area contributed by atoms with Crippen LogP contribution in [0.2, 0.25) is 0 Å². The van der Waals surface area contributed by atoms with Crippen LogP contribution in [0.25, 0.3) is 10.9 Å². The molecule has 0 unspecified atom stereocenters. The van der Waals surface area contributed by atoms with Crippen molar-refractivity contribution in [3.05, 3.63) is 48.3 Å². The summed E-state index contributed by atoms with van der Waals surface area (Å²) < 4.78 is 10.9. The lowest BCUT2D eigenvalue weighted by atomic mass is 10.1. The predicted octanol–water partition coefficient (Wildman–Crippen LogP) is 3.41. The largest absolute Gasteiger partial charge is 0.454 e. The lowest BCUT2D eigenvalue weighted by Crippen LogP contribution is -1.98. The molecule has 0 amide bonds. The molecular formula is C16H13N3O2. The number of anilines is 2. The van der Waals surface area contributed by atoms with E-state index in [1.807, 2.05) is 37.3 Å². The summed E-state index contributed by atoms with van der Waals surface area (Å²) in [6.45, 7) is 2.30. The van der Waals surface area contributed by atoms with E-state index in [9.17, 15) is 0 Å². The van der Waals surface area contributed by atoms with Crippen LogP contribution in [0, 0.1) is 6.92 Å². The standard InChI is InChI=1S/C16H13N3O2/c1-10-5-6-12-11(7-10)16(18-8-17-12)19-13-3-2-4-14-15(13)21-9-20-14/h2-8H,9H2,1H3,(H,17,18,19). The van der Waals surface area contributed by atoms with E-state index in [1.165, 1.54) is 5.56 Å². The highest BCUT2D eigenvalue weighted by Crippen LogP contribution is 2.40. The summed E-state index contributed by atoms with van der Waals surface area (Å²) in [5.74, 6) is 2.22. The van der Waals surface area contributed by atoms with E-state index in [0.29, 0.717) is 0 Å². The van der Waals surface area contributed by atoms with Crippen LogP contribution in [0.3, 0.4) is 0 Å². The van der Waals surface area contributed by atoms with Gasteiger partial charge in [-0.05, 0) is 31.2 Å². The van der Waals surface area contributed by atoms with E-state index >= 15 is 0 Å². The summed E-state index contributed by atoms with van der Waals surface area (Å²) in [6.07, 6.45) is 1.56. The van der Waals surface area contributed by atoms with Crippen LogP contribution >= 0.6 is 0 Å². The van der Waals surface area contributed by atoms with Gasteiger partial charge in [-0.1, -0.05) is 17.7 Å². The van der Waals surface area contributed by atoms with Gasteiger partial charge in [-0.25, -0.2) is 9.97 Å². The first kappa shape index (κ1) is 12.0. The van der Waals surface area contributed by atoms with Crippen LogP contribution in [-0.4, -0.2) is 16.8 Å². The van der Waals surface area contributed by atoms with Crippen molar-refractivity contribution in [1.82, 2.24) is 9.97 Å². The Morgan fingerprint density at radius 3 is 3.00 bits per heavy atom. The molecule has 0 radical (unpaired) electrons. The van der Waals surface area contributed by atoms with Gasteiger partial charge in [0.1, 0.15) is 12.1 Å². The number of aryl methyl sites for hydroxylation is 1. The van der Waals surface area contributed by atoms with E-state index in [0.717, 1.165) is 33.9 Å². The van der Waals surface area contributed by atoms with E-state index in [2.05, 4.69) is 21.4 Å². The van der Waals surface area contributed by atoms with E-state index in [-0.39, 0.29) is 6.79 Å². The van der Waals surface area contributed by atoms with Crippen molar-refractivity contribution in [2.75, 3.05) is 12.1 Å². The fraction of sp³-hybridized carbons (Fsp3) is 0.125. The Bertz CT molecular complexity index is 833. The maximum Gasteiger partial charge on any atom is 0.231 e. The van der Waals surface area contributed by atoms with Gasteiger partial charge in [-0.15, -0.1) is 0 Å². The fourth-order valence-corrected chi connectivity index (χ4v) is 2.43. The second-order valence-electron chi connectivity index (χ2n) is 4.91. The number of para-hydroxylation sites is 1. The summed E-state index contributed by atoms with van der Waals surface area (Å²) in [4.78, 5) is 8.64. The molecule has 2 heterocycles. The zero-order valence-corrected chi connectivity index (χ0v) is 11.5. The van der Waals surface area contributed by atoms with Crippen molar-refractivity contribution in [2.45, 2.75) is 6.92 Å². The van der Waals surface area contributed by atoms with Gasteiger partial charge in [0.05, 0.1) is 11.2 Å². The Balaban J connectivity index is 1.82. The highest BCUT2D eigenvalue weighted by molar-refractivity contribution is 5.91. The molecule has 5 nitrogen and oxygen atoms in total. The third-order valence-electron chi connectivity index (χ3n) is 3.44. The van der Waals surface area contributed by atoms with E-state index in [4.69, 9.17) is 9.47 Å². The van der Waals surface area contributed by atoms with Gasteiger partial charge in [0.2, 0.25) is 6.79 Å². The van der Waals surface area contributed by atoms with Crippen LogP contribution in [-0.2, 0) is 0 Å². The fourth-order valence-electron chi connectivity index (χ4n) is 2.43. The molecule has 0 saturated carbocycles. The number of rotatable bonds is 2. The van der Waals surface area contributed by atoms with Gasteiger partial charge in [0.25, 0.3) is 0 Å². The monoisotopic (exact) mass is 279 g/mol. The second-order valence-corrected chi connectivity index (χ2v) is 4.91. The normalized spacial score (nSPS) is 12.6. The quantitative estimate of drug-likeness (QED) is 0.779. The van der Waals surface area contributed by atoms with Crippen LogP contribution in [0.5, 0.6) is 11.5 Å². The van der Waals surface area contributed by atoms with E-state index < -0.39 is 0 Å². The molecule has 0 fully saturated rings. The van der Waals surface area contributed by atoms with Gasteiger partial charge < -0.3 is 14.8 Å². The predicted molar refractivity (Wildman–Crippen MR) is 80.1 cm³/mol. The van der Waals surface area contributed by atoms with Crippen molar-refractivity contribution in [3.63, 3.8) is 0 Å². The maximum atomic E-state index is 5.51. The highest BCUT2D eigenvalue weighted by atomic mass is 16.7. The SMILES string of the molecule is Cc1ccc2ncnc(Nc3cccc4c3OCO4)c2c1. The zero-order chi connectivity index (χ0) is 14.2. The van der Waals surface area contributed by atoms with Crippen LogP contribution in [0.15, 0.2) is 42.7 Å². The molecule has 0 bridgehead atoms. The Morgan fingerprint density at radius 2 is 2.05 bits per heavy atom. The summed E-state index contributed by atoms with van der Waals surface area (Å²) >= 11 is 0. The smallest absolute Gasteiger partial charge is 0.231 e. The Hall–Kier alpha value is -2.82. The molecule has 0 atom stereocenters. The molecule has 1 N–H and O–H groups in total. The molecule has 1 aromatic heterocycles. The molecule has 104 valence electrons. The topological polar surface area (TPSA) is 56.3 Å². The van der Waals surface area contributed by atoms with Crippen LogP contribution in [0.1, 0.15) is 5.56 Å². The zero-order valence-electron chi connectivity index (χ0n) is 11.5. The van der Waals surface area contributed by atoms with Gasteiger partial charge in [0.15, 0.2) is 11.5 Å². The second kappa shape index (κ2) is 4.63. The number of hydrogen-bond donors (Lipinski definition) is 1. The number of aromatic nitrogens is 2. The molecule has 2 aromatic carbocycles. The molecule has 0 saturated heterocycles. The first-order valence-corrected chi connectivity index (χ1v) is 6.68. The third-order valence-corrected chi connectivity index (χ3v) is 3.44. The molecule has 0 spiro atoms. The van der Waals surface area contributed by atoms with Gasteiger partial charge >= 0.3 is 0 Å². The van der Waals surface area contributed by atoms with E-state index in [1.54, 1.807) is 6.33 Å². The Kier molecular flexibility index (Phi) is 2.64. The third kappa shape index (κ3) is 2.03. The first-order chi connectivity index (χ1) is 10.3. The van der Waals surface area contributed by atoms with Gasteiger partial charge in [-0.2, -0.15) is 0 Å². The van der Waals surface area contributed by atoms with Crippen molar-refractivity contribution < 1.29 is 9.47 Å². The number of nitrogens with zero attached hydrogens (tertiary/aromatic N) is 2. The van der Waals surface area contributed by atoms with Crippen LogP contribution < -0.4 is 14.8 Å². The lowest BCUT2D eigenvalue weighted by Gasteiger charge is -2.10. The first-order valence-electron chi connectivity index (χ1n) is 6.68. The van der Waals surface area contributed by atoms with Gasteiger partial charge in [-0.3, -0.25) is 0 Å². The molecular weight excluding hydrogens is 266 g/mol. The molecule has 3 aromatic rings. The van der Waals surface area contributed by atoms with Crippen molar-refractivity contribution in [2.24, 2.45) is 0 Å². The number of ether oxygens (including phenoxy) is 2. The lowest BCUT2D eigenvalue weighted by molar-refractivity contribution is 0.174. The summed E-state index contributed by atoms with van der Waals surface area (Å²) in [5, 5.41) is 4.30. The number of fused-ring (bicyclic) bond motifs is 2. The molecule has 1 aliphatic heterocycles. The minimum Gasteiger partial charge on any atom is -0.454 e. The number of benzene rings is 2. The maximum absolute atomic E-state index is 5.51.